The van der Waals surface area contributed by atoms with Crippen molar-refractivity contribution in [2.75, 3.05) is 0 Å². The van der Waals surface area contributed by atoms with Crippen LogP contribution in [0.1, 0.15) is 52.7 Å². The van der Waals surface area contributed by atoms with E-state index in [-0.39, 0.29) is 31.9 Å². The number of hydrogen-bond donors (Lipinski definition) is 0. The van der Waals surface area contributed by atoms with Gasteiger partial charge in [-0.05, 0) is 63.4 Å². The zero-order valence-corrected chi connectivity index (χ0v) is 27.7. The third-order valence-electron chi connectivity index (χ3n) is 7.38. The second-order valence-corrected chi connectivity index (χ2v) is 13.1. The van der Waals surface area contributed by atoms with E-state index in [1.54, 1.807) is 0 Å². The van der Waals surface area contributed by atoms with Crippen LogP contribution in [0.4, 0.5) is 0 Å². The molecule has 6 rings (SSSR count). The van der Waals surface area contributed by atoms with Crippen LogP contribution in [-0.4, -0.2) is 15.0 Å². The van der Waals surface area contributed by atoms with Crippen LogP contribution < -0.4 is 4.74 Å². The average Bonchev–Trinajstić information content (AvgIpc) is 2.96. The Morgan fingerprint density at radius 3 is 2.02 bits per heavy atom. The number of aromatic nitrogens is 3. The quantitative estimate of drug-likeness (QED) is 0.130. The molecule has 0 fully saturated rings. The van der Waals surface area contributed by atoms with E-state index in [1.165, 1.54) is 16.5 Å². The van der Waals surface area contributed by atoms with Gasteiger partial charge in [0.1, 0.15) is 0 Å². The minimum Gasteiger partial charge on any atom is -0.497 e. The van der Waals surface area contributed by atoms with Crippen molar-refractivity contribution in [2.45, 2.75) is 53.4 Å². The first-order chi connectivity index (χ1) is 20.0. The molecule has 3 heterocycles. The molecule has 0 bridgehead atoms. The van der Waals surface area contributed by atoms with Gasteiger partial charge in [-0.2, -0.15) is 0 Å². The molecule has 0 N–H and O–H groups in total. The van der Waals surface area contributed by atoms with Gasteiger partial charge in [-0.3, -0.25) is 4.98 Å². The van der Waals surface area contributed by atoms with E-state index in [2.05, 4.69) is 95.1 Å². The topological polar surface area (TPSA) is 47.9 Å². The molecule has 3 aromatic carbocycles. The van der Waals surface area contributed by atoms with Crippen molar-refractivity contribution in [2.24, 2.45) is 5.41 Å². The van der Waals surface area contributed by atoms with Crippen LogP contribution in [0.5, 0.6) is 11.5 Å². The Bertz CT molecular complexity index is 1920. The van der Waals surface area contributed by atoms with Crippen molar-refractivity contribution >= 4 is 21.7 Å². The predicted octanol–water partition coefficient (Wildman–Crippen LogP) is 9.79. The maximum atomic E-state index is 6.27. The molecule has 218 valence electrons. The molecule has 0 spiro atoms. The molecule has 0 atom stereocenters. The molecule has 6 aromatic rings. The molecule has 0 saturated heterocycles. The third kappa shape index (κ3) is 6.70. The smallest absolute Gasteiger partial charge is 0.497 e. The molecule has 43 heavy (non-hydrogen) atoms. The van der Waals surface area contributed by atoms with Gasteiger partial charge >= 0.3 is 21.1 Å². The van der Waals surface area contributed by atoms with E-state index in [0.717, 1.165) is 45.2 Å². The molecule has 3 aromatic heterocycles. The zero-order chi connectivity index (χ0) is 29.5. The molecule has 4 nitrogen and oxygen atoms in total. The first-order valence-electron chi connectivity index (χ1n) is 14.4. The van der Waals surface area contributed by atoms with Gasteiger partial charge in [-0.1, -0.05) is 71.9 Å². The fraction of sp³-hybridized carbons (Fsp3) is 0.237. The van der Waals surface area contributed by atoms with Crippen molar-refractivity contribution in [3.05, 3.63) is 115 Å². The zero-order valence-electron chi connectivity index (χ0n) is 25.4. The summed E-state index contributed by atoms with van der Waals surface area (Å²) < 4.78 is 6.27. The maximum Gasteiger partial charge on any atom is 2.00 e. The number of rotatable bonds is 5. The van der Waals surface area contributed by atoms with Gasteiger partial charge < -0.3 is 14.7 Å². The Kier molecular flexibility index (Phi) is 8.54. The van der Waals surface area contributed by atoms with Crippen molar-refractivity contribution in [1.29, 1.82) is 0 Å². The minimum absolute atomic E-state index is 0. The number of nitrogens with zero attached hydrogens (tertiary/aromatic N) is 3. The first-order valence-corrected chi connectivity index (χ1v) is 14.4. The van der Waals surface area contributed by atoms with Crippen LogP contribution in [-0.2, 0) is 32.9 Å². The van der Waals surface area contributed by atoms with Gasteiger partial charge in [-0.15, -0.1) is 47.5 Å². The Labute approximate surface area is 268 Å². The van der Waals surface area contributed by atoms with E-state index in [4.69, 9.17) is 14.7 Å². The molecular formula is C38H35N3OPt. The van der Waals surface area contributed by atoms with Crippen LogP contribution in [0, 0.1) is 17.5 Å². The second-order valence-electron chi connectivity index (χ2n) is 13.1. The van der Waals surface area contributed by atoms with Crippen molar-refractivity contribution in [3.63, 3.8) is 0 Å². The van der Waals surface area contributed by atoms with Gasteiger partial charge in [0.15, 0.2) is 0 Å². The van der Waals surface area contributed by atoms with E-state index >= 15 is 0 Å². The number of hydrogen-bond acceptors (Lipinski definition) is 4. The number of fused-ring (bicyclic) bond motifs is 3. The van der Waals surface area contributed by atoms with E-state index < -0.39 is 0 Å². The van der Waals surface area contributed by atoms with Crippen LogP contribution in [0.15, 0.2) is 91.4 Å². The molecule has 0 aliphatic heterocycles. The van der Waals surface area contributed by atoms with E-state index in [0.29, 0.717) is 11.5 Å². The van der Waals surface area contributed by atoms with Crippen LogP contribution in [0.3, 0.4) is 0 Å². The second kappa shape index (κ2) is 12.0. The summed E-state index contributed by atoms with van der Waals surface area (Å²) in [7, 11) is 0. The standard InChI is InChI=1S/C38H35N3O.Pt/c1-37(2,3)24-27-15-18-41-36-31(27)13-14-32-33(36)17-20-40-35(32)26-10-8-12-30(22-26)42-29-11-7-9-25(21-29)34-23-28(16-19-39-34)38(4,5)6;/h7-20,23H,24H2,1-6H3;/q-2;+2. The normalized spacial score (nSPS) is 11.9. The summed E-state index contributed by atoms with van der Waals surface area (Å²) in [5.74, 6) is 1.21. The molecule has 0 saturated carbocycles. The van der Waals surface area contributed by atoms with Gasteiger partial charge in [0.25, 0.3) is 0 Å². The summed E-state index contributed by atoms with van der Waals surface area (Å²) in [4.78, 5) is 14.1. The van der Waals surface area contributed by atoms with Crippen LogP contribution in [0.25, 0.3) is 44.2 Å². The Balaban J connectivity index is 0.00000368. The molecular weight excluding hydrogens is 710 g/mol. The minimum atomic E-state index is 0. The maximum absolute atomic E-state index is 6.27. The van der Waals surface area contributed by atoms with Crippen LogP contribution >= 0.6 is 0 Å². The fourth-order valence-electron chi connectivity index (χ4n) is 5.33. The number of pyridine rings is 3. The number of ether oxygens (including phenoxy) is 1. The van der Waals surface area contributed by atoms with Crippen LogP contribution in [0.2, 0.25) is 0 Å². The first kappa shape index (κ1) is 30.6. The Hall–Kier alpha value is -3.88. The van der Waals surface area contributed by atoms with E-state index in [1.807, 2.05) is 55.0 Å². The predicted molar refractivity (Wildman–Crippen MR) is 172 cm³/mol. The van der Waals surface area contributed by atoms with Crippen molar-refractivity contribution in [3.8, 4) is 34.0 Å². The Morgan fingerprint density at radius 1 is 0.651 bits per heavy atom. The molecule has 0 radical (unpaired) electrons. The van der Waals surface area contributed by atoms with E-state index in [9.17, 15) is 0 Å². The summed E-state index contributed by atoms with van der Waals surface area (Å²) in [6.45, 7) is 13.4. The van der Waals surface area contributed by atoms with Gasteiger partial charge in [0.05, 0.1) is 5.52 Å². The summed E-state index contributed by atoms with van der Waals surface area (Å²) in [6.07, 6.45) is 6.62. The summed E-state index contributed by atoms with van der Waals surface area (Å²) in [5.41, 5.74) is 7.23. The molecule has 0 aliphatic rings. The van der Waals surface area contributed by atoms with Gasteiger partial charge in [-0.25, -0.2) is 0 Å². The van der Waals surface area contributed by atoms with Crippen molar-refractivity contribution < 1.29 is 25.8 Å². The number of benzene rings is 3. The summed E-state index contributed by atoms with van der Waals surface area (Å²) in [6, 6.07) is 31.3. The van der Waals surface area contributed by atoms with Crippen molar-refractivity contribution in [1.82, 2.24) is 15.0 Å². The molecule has 0 aliphatic carbocycles. The van der Waals surface area contributed by atoms with Gasteiger partial charge in [0.2, 0.25) is 0 Å². The Morgan fingerprint density at radius 2 is 1.30 bits per heavy atom. The monoisotopic (exact) mass is 744 g/mol. The fourth-order valence-corrected chi connectivity index (χ4v) is 5.33. The molecule has 0 amide bonds. The van der Waals surface area contributed by atoms with Gasteiger partial charge in [0, 0.05) is 40.9 Å². The SMILES string of the molecule is CC(C)(C)Cc1ccnc2c1ccc1c(-c3[c-]c(Oc4[c-]c(-c5cc(C(C)(C)C)ccn5)ccc4)ccc3)nccc12.[Pt+2]. The summed E-state index contributed by atoms with van der Waals surface area (Å²) >= 11 is 0. The third-order valence-corrected chi connectivity index (χ3v) is 7.38. The summed E-state index contributed by atoms with van der Waals surface area (Å²) in [5, 5.41) is 3.31. The largest absolute Gasteiger partial charge is 2.00 e. The molecule has 5 heteroatoms. The molecule has 0 unspecified atom stereocenters. The average molecular weight is 745 g/mol.